The molecule has 7 nitrogen and oxygen atoms in total. The van der Waals surface area contributed by atoms with Crippen molar-refractivity contribution in [2.45, 2.75) is 25.4 Å². The zero-order chi connectivity index (χ0) is 17.5. The van der Waals surface area contributed by atoms with E-state index in [-0.39, 0.29) is 18.0 Å². The van der Waals surface area contributed by atoms with Gasteiger partial charge in [0.05, 0.1) is 12.4 Å². The van der Waals surface area contributed by atoms with Gasteiger partial charge >= 0.3 is 6.03 Å². The average molecular weight is 341 g/mol. The molecule has 0 aliphatic carbocycles. The van der Waals surface area contributed by atoms with Gasteiger partial charge in [0, 0.05) is 45.0 Å². The molecule has 1 atom stereocenters. The summed E-state index contributed by atoms with van der Waals surface area (Å²) >= 11 is 0. The van der Waals surface area contributed by atoms with Gasteiger partial charge in [-0.05, 0) is 12.0 Å². The average Bonchev–Trinajstić information content (AvgIpc) is 3.27. The van der Waals surface area contributed by atoms with Gasteiger partial charge in [-0.2, -0.15) is 0 Å². The fourth-order valence-corrected chi connectivity index (χ4v) is 2.96. The molecule has 0 saturated carbocycles. The van der Waals surface area contributed by atoms with Gasteiger partial charge in [0.15, 0.2) is 0 Å². The molecule has 25 heavy (non-hydrogen) atoms. The van der Waals surface area contributed by atoms with Crippen molar-refractivity contribution in [3.8, 4) is 0 Å². The highest BCUT2D eigenvalue weighted by molar-refractivity contribution is 5.78. The number of hydrogen-bond donors (Lipinski definition) is 2. The molecule has 1 aliphatic heterocycles. The predicted molar refractivity (Wildman–Crippen MR) is 93.8 cm³/mol. The largest absolute Gasteiger partial charge is 0.340 e. The van der Waals surface area contributed by atoms with E-state index >= 15 is 0 Å². The highest BCUT2D eigenvalue weighted by atomic mass is 16.2. The summed E-state index contributed by atoms with van der Waals surface area (Å²) in [5.74, 6) is 0.156. The lowest BCUT2D eigenvalue weighted by atomic mass is 10.1. The third kappa shape index (κ3) is 4.82. The van der Waals surface area contributed by atoms with E-state index in [9.17, 15) is 9.59 Å². The Morgan fingerprint density at radius 1 is 1.28 bits per heavy atom. The molecule has 132 valence electrons. The normalized spacial score (nSPS) is 15.2. The van der Waals surface area contributed by atoms with Gasteiger partial charge in [-0.3, -0.25) is 4.79 Å². The quantitative estimate of drug-likeness (QED) is 0.802. The summed E-state index contributed by atoms with van der Waals surface area (Å²) in [4.78, 5) is 30.0. The molecule has 7 heteroatoms. The van der Waals surface area contributed by atoms with Crippen LogP contribution in [0.25, 0.3) is 0 Å². The number of rotatable bonds is 7. The van der Waals surface area contributed by atoms with Crippen molar-refractivity contribution < 1.29 is 9.59 Å². The molecule has 0 radical (unpaired) electrons. The fraction of sp³-hybridized carbons (Fsp3) is 0.389. The van der Waals surface area contributed by atoms with E-state index in [1.54, 1.807) is 12.5 Å². The van der Waals surface area contributed by atoms with Crippen LogP contribution in [0.5, 0.6) is 0 Å². The minimum absolute atomic E-state index is 0.156. The number of imidazole rings is 1. The van der Waals surface area contributed by atoms with E-state index in [1.807, 2.05) is 46.0 Å². The number of hydrogen-bond acceptors (Lipinski definition) is 3. The van der Waals surface area contributed by atoms with E-state index in [0.717, 1.165) is 18.5 Å². The number of nitrogens with one attached hydrogen (secondary N) is 2. The van der Waals surface area contributed by atoms with E-state index in [0.29, 0.717) is 26.1 Å². The molecule has 1 aromatic carbocycles. The van der Waals surface area contributed by atoms with Crippen LogP contribution in [-0.4, -0.2) is 46.0 Å². The Labute approximate surface area is 147 Å². The maximum Gasteiger partial charge on any atom is 0.315 e. The first-order valence-corrected chi connectivity index (χ1v) is 8.55. The molecular formula is C18H23N5O2. The van der Waals surface area contributed by atoms with Crippen molar-refractivity contribution in [2.24, 2.45) is 0 Å². The van der Waals surface area contributed by atoms with Crippen molar-refractivity contribution in [3.05, 3.63) is 54.6 Å². The summed E-state index contributed by atoms with van der Waals surface area (Å²) in [6, 6.07) is 9.29. The highest BCUT2D eigenvalue weighted by Gasteiger charge is 2.25. The van der Waals surface area contributed by atoms with Crippen LogP contribution in [0.3, 0.4) is 0 Å². The lowest BCUT2D eigenvalue weighted by Crippen LogP contribution is -2.43. The van der Waals surface area contributed by atoms with E-state index in [2.05, 4.69) is 15.6 Å². The highest BCUT2D eigenvalue weighted by Crippen LogP contribution is 2.18. The van der Waals surface area contributed by atoms with Crippen molar-refractivity contribution in [1.29, 1.82) is 0 Å². The Balaban J connectivity index is 1.56. The molecule has 3 amide bonds. The van der Waals surface area contributed by atoms with E-state index in [1.165, 1.54) is 0 Å². The number of urea groups is 1. The Kier molecular flexibility index (Phi) is 5.66. The fourth-order valence-electron chi connectivity index (χ4n) is 2.96. The summed E-state index contributed by atoms with van der Waals surface area (Å²) in [7, 11) is 0. The number of amides is 3. The van der Waals surface area contributed by atoms with E-state index in [4.69, 9.17) is 0 Å². The van der Waals surface area contributed by atoms with E-state index < -0.39 is 0 Å². The summed E-state index contributed by atoms with van der Waals surface area (Å²) in [5, 5.41) is 5.85. The molecule has 0 bridgehead atoms. The molecule has 1 unspecified atom stereocenters. The van der Waals surface area contributed by atoms with Crippen LogP contribution in [-0.2, 0) is 11.3 Å². The molecule has 1 aliphatic rings. The molecule has 3 rings (SSSR count). The lowest BCUT2D eigenvalue weighted by Gasteiger charge is -2.25. The van der Waals surface area contributed by atoms with Crippen LogP contribution in [0.2, 0.25) is 0 Å². The number of carbonyl (C=O) groups excluding carboxylic acids is 2. The zero-order valence-electron chi connectivity index (χ0n) is 14.1. The second kappa shape index (κ2) is 8.32. The van der Waals surface area contributed by atoms with Gasteiger partial charge < -0.3 is 20.1 Å². The third-order valence-electron chi connectivity index (χ3n) is 4.30. The molecular weight excluding hydrogens is 318 g/mol. The smallest absolute Gasteiger partial charge is 0.315 e. The SMILES string of the molecule is O=C(NCCn1ccnc1)NC(CN1CCCC1=O)c1ccccc1. The van der Waals surface area contributed by atoms with Crippen molar-refractivity contribution in [3.63, 3.8) is 0 Å². The minimum Gasteiger partial charge on any atom is -0.340 e. The van der Waals surface area contributed by atoms with Crippen molar-refractivity contribution >= 4 is 11.9 Å². The van der Waals surface area contributed by atoms with Gasteiger partial charge in [-0.1, -0.05) is 30.3 Å². The first-order valence-electron chi connectivity index (χ1n) is 8.55. The number of aromatic nitrogens is 2. The van der Waals surface area contributed by atoms with Crippen LogP contribution in [0.4, 0.5) is 4.79 Å². The summed E-state index contributed by atoms with van der Waals surface area (Å²) in [6.07, 6.45) is 6.76. The second-order valence-electron chi connectivity index (χ2n) is 6.11. The standard InChI is InChI=1S/C18H23N5O2/c24-17-7-4-10-23(17)13-16(15-5-2-1-3-6-15)21-18(25)20-9-12-22-11-8-19-14-22/h1-3,5-6,8,11,14,16H,4,7,9-10,12-13H2,(H2,20,21,25). The minimum atomic E-state index is -0.236. The molecule has 1 aromatic heterocycles. The molecule has 1 fully saturated rings. The van der Waals surface area contributed by atoms with Gasteiger partial charge in [-0.25, -0.2) is 9.78 Å². The molecule has 2 aromatic rings. The zero-order valence-corrected chi connectivity index (χ0v) is 14.1. The van der Waals surface area contributed by atoms with Gasteiger partial charge in [0.25, 0.3) is 0 Å². The Morgan fingerprint density at radius 3 is 2.80 bits per heavy atom. The number of carbonyl (C=O) groups is 2. The van der Waals surface area contributed by atoms with Crippen molar-refractivity contribution in [2.75, 3.05) is 19.6 Å². The molecule has 1 saturated heterocycles. The third-order valence-corrected chi connectivity index (χ3v) is 4.30. The van der Waals surface area contributed by atoms with Gasteiger partial charge in [-0.15, -0.1) is 0 Å². The van der Waals surface area contributed by atoms with Crippen LogP contribution < -0.4 is 10.6 Å². The molecule has 2 N–H and O–H groups in total. The maximum atomic E-state index is 12.3. The Hall–Kier alpha value is -2.83. The van der Waals surface area contributed by atoms with Crippen molar-refractivity contribution in [1.82, 2.24) is 25.1 Å². The Morgan fingerprint density at radius 2 is 2.12 bits per heavy atom. The second-order valence-corrected chi connectivity index (χ2v) is 6.11. The number of benzene rings is 1. The first kappa shape index (κ1) is 17.0. The van der Waals surface area contributed by atoms with Gasteiger partial charge in [0.2, 0.25) is 5.91 Å². The van der Waals surface area contributed by atoms with Crippen LogP contribution in [0, 0.1) is 0 Å². The predicted octanol–water partition coefficient (Wildman–Crippen LogP) is 1.55. The lowest BCUT2D eigenvalue weighted by molar-refractivity contribution is -0.128. The molecule has 0 spiro atoms. The summed E-state index contributed by atoms with van der Waals surface area (Å²) in [6.45, 7) is 2.42. The van der Waals surface area contributed by atoms with Gasteiger partial charge in [0.1, 0.15) is 0 Å². The summed E-state index contributed by atoms with van der Waals surface area (Å²) in [5.41, 5.74) is 0.993. The topological polar surface area (TPSA) is 79.3 Å². The first-order chi connectivity index (χ1) is 12.2. The Bertz CT molecular complexity index is 687. The molecule has 2 heterocycles. The van der Waals surface area contributed by atoms with Crippen LogP contribution >= 0.6 is 0 Å². The maximum absolute atomic E-state index is 12.3. The van der Waals surface area contributed by atoms with Crippen LogP contribution in [0.1, 0.15) is 24.4 Å². The summed E-state index contributed by atoms with van der Waals surface area (Å²) < 4.78 is 1.90. The number of likely N-dealkylation sites (tertiary alicyclic amines) is 1. The number of nitrogens with zero attached hydrogens (tertiary/aromatic N) is 3. The monoisotopic (exact) mass is 341 g/mol. The van der Waals surface area contributed by atoms with Crippen LogP contribution in [0.15, 0.2) is 49.1 Å².